The maximum atomic E-state index is 14.0. The number of fused-ring (bicyclic) bond motifs is 1. The molecule has 1 atom stereocenters. The largest absolute Gasteiger partial charge is 0.493 e. The number of hydrogen-bond donors (Lipinski definition) is 0. The van der Waals surface area contributed by atoms with Crippen LogP contribution in [-0.4, -0.2) is 75.1 Å². The Kier molecular flexibility index (Phi) is 9.87. The normalized spacial score (nSPS) is 16.7. The lowest BCUT2D eigenvalue weighted by molar-refractivity contribution is -0.139. The van der Waals surface area contributed by atoms with E-state index in [0.29, 0.717) is 68.6 Å². The van der Waals surface area contributed by atoms with Gasteiger partial charge in [0.1, 0.15) is 5.75 Å². The molecule has 13 heteroatoms. The first-order valence-corrected chi connectivity index (χ1v) is 15.6. The van der Waals surface area contributed by atoms with Crippen molar-refractivity contribution in [2.45, 2.75) is 19.9 Å². The second kappa shape index (κ2) is 13.8. The van der Waals surface area contributed by atoms with E-state index >= 15 is 0 Å². The summed E-state index contributed by atoms with van der Waals surface area (Å²) in [7, 11) is 3.05. The molecule has 1 saturated heterocycles. The lowest BCUT2D eigenvalue weighted by atomic mass is 9.95. The number of rotatable bonds is 9. The average Bonchev–Trinajstić information content (AvgIpc) is 3.33. The number of esters is 1. The third-order valence-electron chi connectivity index (χ3n) is 7.22. The number of hydrogen-bond acceptors (Lipinski definition) is 10. The van der Waals surface area contributed by atoms with Crippen molar-refractivity contribution in [2.24, 2.45) is 4.99 Å². The molecule has 0 spiro atoms. The number of allylic oxidation sites excluding steroid dienone is 1. The van der Waals surface area contributed by atoms with Crippen LogP contribution in [0, 0.1) is 0 Å². The molecule has 0 radical (unpaired) electrons. The van der Waals surface area contributed by atoms with Gasteiger partial charge >= 0.3 is 5.97 Å². The van der Waals surface area contributed by atoms with E-state index in [-0.39, 0.29) is 30.3 Å². The molecule has 2 aromatic carbocycles. The van der Waals surface area contributed by atoms with Crippen molar-refractivity contribution in [3.63, 3.8) is 0 Å². The maximum Gasteiger partial charge on any atom is 0.338 e. The standard InChI is InChI=1S/C31H32BrN3O8S/c1-5-42-30(38)27-18(2)33-31-35(28(27)21-15-23(39-3)24(40-4)16-22(21)32)29(37)25(44-31)14-19-6-8-20(9-7-19)43-17-26(36)34-10-12-41-13-11-34/h6-9,14-16,28H,5,10-13,17H2,1-4H3/b25-14+/t28-/m1/s1. The van der Waals surface area contributed by atoms with Gasteiger partial charge in [0.05, 0.1) is 55.9 Å². The Morgan fingerprint density at radius 3 is 2.45 bits per heavy atom. The summed E-state index contributed by atoms with van der Waals surface area (Å²) >= 11 is 4.83. The summed E-state index contributed by atoms with van der Waals surface area (Å²) in [5.74, 6) is 0.828. The van der Waals surface area contributed by atoms with Gasteiger partial charge in [0.15, 0.2) is 22.9 Å². The molecule has 1 fully saturated rings. The minimum absolute atomic E-state index is 0.0637. The Bertz CT molecular complexity index is 1770. The molecule has 0 bridgehead atoms. The molecule has 2 aliphatic heterocycles. The number of thiazole rings is 1. The molecule has 0 aliphatic carbocycles. The van der Waals surface area contributed by atoms with Crippen LogP contribution >= 0.6 is 27.3 Å². The number of aromatic nitrogens is 1. The summed E-state index contributed by atoms with van der Waals surface area (Å²) in [6.45, 7) is 5.73. The van der Waals surface area contributed by atoms with E-state index in [0.717, 1.165) is 5.56 Å². The minimum atomic E-state index is -0.832. The van der Waals surface area contributed by atoms with Crippen LogP contribution in [0.15, 0.2) is 61.9 Å². The lowest BCUT2D eigenvalue weighted by Crippen LogP contribution is -2.42. The van der Waals surface area contributed by atoms with Gasteiger partial charge in [0, 0.05) is 17.6 Å². The second-order valence-electron chi connectivity index (χ2n) is 9.88. The number of amides is 1. The van der Waals surface area contributed by atoms with E-state index in [1.165, 1.54) is 30.1 Å². The van der Waals surface area contributed by atoms with Crippen molar-refractivity contribution in [1.82, 2.24) is 9.47 Å². The number of halogens is 1. The third kappa shape index (κ3) is 6.44. The van der Waals surface area contributed by atoms with Gasteiger partial charge in [-0.05, 0) is 55.3 Å². The summed E-state index contributed by atoms with van der Waals surface area (Å²) in [5.41, 5.74) is 1.77. The molecular formula is C31H32BrN3O8S. The lowest BCUT2D eigenvalue weighted by Gasteiger charge is -2.26. The van der Waals surface area contributed by atoms with Gasteiger partial charge < -0.3 is 28.6 Å². The third-order valence-corrected chi connectivity index (χ3v) is 8.89. The Morgan fingerprint density at radius 2 is 1.80 bits per heavy atom. The molecule has 44 heavy (non-hydrogen) atoms. The van der Waals surface area contributed by atoms with Crippen LogP contribution in [0.3, 0.4) is 0 Å². The first-order valence-electron chi connectivity index (χ1n) is 13.9. The topological polar surface area (TPSA) is 118 Å². The van der Waals surface area contributed by atoms with Gasteiger partial charge in [-0.25, -0.2) is 9.79 Å². The molecule has 11 nitrogen and oxygen atoms in total. The van der Waals surface area contributed by atoms with Crippen molar-refractivity contribution >= 4 is 45.2 Å². The highest BCUT2D eigenvalue weighted by molar-refractivity contribution is 9.10. The molecule has 1 amide bonds. The number of carbonyl (C=O) groups is 2. The van der Waals surface area contributed by atoms with E-state index in [1.54, 1.807) is 49.1 Å². The van der Waals surface area contributed by atoms with E-state index in [9.17, 15) is 14.4 Å². The van der Waals surface area contributed by atoms with Gasteiger partial charge in [0.25, 0.3) is 11.5 Å². The van der Waals surface area contributed by atoms with Gasteiger partial charge in [0.2, 0.25) is 0 Å². The Morgan fingerprint density at radius 1 is 1.11 bits per heavy atom. The Balaban J connectivity index is 1.50. The van der Waals surface area contributed by atoms with Crippen molar-refractivity contribution in [1.29, 1.82) is 0 Å². The molecule has 2 aliphatic rings. The average molecular weight is 687 g/mol. The maximum absolute atomic E-state index is 14.0. The molecule has 3 aromatic rings. The number of methoxy groups -OCH3 is 2. The molecule has 5 rings (SSSR count). The summed E-state index contributed by atoms with van der Waals surface area (Å²) < 4.78 is 29.9. The summed E-state index contributed by atoms with van der Waals surface area (Å²) in [5, 5.41) is 0. The minimum Gasteiger partial charge on any atom is -0.493 e. The fourth-order valence-corrected chi connectivity index (χ4v) is 6.61. The smallest absolute Gasteiger partial charge is 0.338 e. The van der Waals surface area contributed by atoms with Crippen LogP contribution in [0.25, 0.3) is 6.08 Å². The van der Waals surface area contributed by atoms with Crippen LogP contribution in [0.2, 0.25) is 0 Å². The highest BCUT2D eigenvalue weighted by atomic mass is 79.9. The predicted octanol–water partition coefficient (Wildman–Crippen LogP) is 2.82. The van der Waals surface area contributed by atoms with E-state index < -0.39 is 12.0 Å². The van der Waals surface area contributed by atoms with Crippen LogP contribution in [-0.2, 0) is 19.1 Å². The summed E-state index contributed by atoms with van der Waals surface area (Å²) in [6, 6.07) is 9.77. The van der Waals surface area contributed by atoms with E-state index in [4.69, 9.17) is 23.7 Å². The number of carbonyl (C=O) groups excluding carboxylic acids is 2. The van der Waals surface area contributed by atoms with E-state index in [2.05, 4.69) is 20.9 Å². The highest BCUT2D eigenvalue weighted by Gasteiger charge is 2.35. The zero-order valence-corrected chi connectivity index (χ0v) is 27.2. The fourth-order valence-electron chi connectivity index (χ4n) is 5.03. The summed E-state index contributed by atoms with van der Waals surface area (Å²) in [6.07, 6.45) is 1.76. The van der Waals surface area contributed by atoms with Crippen molar-refractivity contribution in [3.05, 3.63) is 83.0 Å². The van der Waals surface area contributed by atoms with Gasteiger partial charge in [-0.2, -0.15) is 0 Å². The van der Waals surface area contributed by atoms with Gasteiger partial charge in [-0.15, -0.1) is 0 Å². The fraction of sp³-hybridized carbons (Fsp3) is 0.355. The zero-order valence-electron chi connectivity index (χ0n) is 24.8. The number of benzene rings is 2. The Hall–Kier alpha value is -3.94. The number of ether oxygens (including phenoxy) is 5. The monoisotopic (exact) mass is 685 g/mol. The molecule has 1 aromatic heterocycles. The number of morpholine rings is 1. The van der Waals surface area contributed by atoms with Crippen LogP contribution < -0.4 is 29.1 Å². The van der Waals surface area contributed by atoms with Gasteiger partial charge in [-0.1, -0.05) is 39.4 Å². The van der Waals surface area contributed by atoms with Crippen LogP contribution in [0.1, 0.15) is 31.0 Å². The van der Waals surface area contributed by atoms with Crippen LogP contribution in [0.4, 0.5) is 0 Å². The summed E-state index contributed by atoms with van der Waals surface area (Å²) in [4.78, 5) is 46.4. The van der Waals surface area contributed by atoms with Gasteiger partial charge in [-0.3, -0.25) is 14.2 Å². The number of nitrogens with zero attached hydrogens (tertiary/aromatic N) is 3. The Labute approximate surface area is 266 Å². The molecule has 0 unspecified atom stereocenters. The second-order valence-corrected chi connectivity index (χ2v) is 11.7. The first kappa shape index (κ1) is 31.5. The van der Waals surface area contributed by atoms with Crippen molar-refractivity contribution < 1.29 is 33.3 Å². The SMILES string of the molecule is CCOC(=O)C1=C(C)N=c2s/c(=C/c3ccc(OCC(=O)N4CCOCC4)cc3)c(=O)n2[C@@H]1c1cc(OC)c(OC)cc1Br. The predicted molar refractivity (Wildman–Crippen MR) is 167 cm³/mol. The van der Waals surface area contributed by atoms with Crippen molar-refractivity contribution in [3.8, 4) is 17.2 Å². The van der Waals surface area contributed by atoms with Crippen molar-refractivity contribution in [2.75, 3.05) is 53.7 Å². The first-order chi connectivity index (χ1) is 21.2. The zero-order chi connectivity index (χ0) is 31.4. The molecule has 0 saturated carbocycles. The quantitative estimate of drug-likeness (QED) is 0.316. The molecule has 232 valence electrons. The molecule has 0 N–H and O–H groups in total. The molecular weight excluding hydrogens is 654 g/mol. The van der Waals surface area contributed by atoms with E-state index in [1.807, 2.05) is 12.1 Å². The highest BCUT2D eigenvalue weighted by Crippen LogP contribution is 2.40. The van der Waals surface area contributed by atoms with Crippen LogP contribution in [0.5, 0.6) is 17.2 Å². The molecule has 3 heterocycles.